The number of rotatable bonds is 3. The number of nitrogens with zero attached hydrogens (tertiary/aromatic N) is 1. The minimum absolute atomic E-state index is 0.280. The molecular weight excluding hydrogens is 368 g/mol. The molecule has 1 aromatic heterocycles. The van der Waals surface area contributed by atoms with E-state index in [1.807, 2.05) is 17.0 Å². The third kappa shape index (κ3) is 3.14. The molecule has 1 aliphatic heterocycles. The topological polar surface area (TPSA) is 36.1 Å². The van der Waals surface area contributed by atoms with Gasteiger partial charge in [-0.3, -0.25) is 4.79 Å². The molecule has 0 radical (unpaired) electrons. The summed E-state index contributed by atoms with van der Waals surface area (Å²) in [5.41, 5.74) is 6.39. The van der Waals surface area contributed by atoms with Crippen molar-refractivity contribution in [3.63, 3.8) is 0 Å². The highest BCUT2D eigenvalue weighted by Crippen LogP contribution is 2.36. The molecule has 0 fully saturated rings. The molecule has 4 heteroatoms. The maximum atomic E-state index is 12.9. The van der Waals surface area contributed by atoms with E-state index >= 15 is 0 Å². The largest absolute Gasteiger partial charge is 0.361 e. The molecule has 1 aliphatic carbocycles. The van der Waals surface area contributed by atoms with E-state index in [4.69, 9.17) is 11.6 Å². The molecule has 3 nitrogen and oxygen atoms in total. The van der Waals surface area contributed by atoms with Crippen LogP contribution in [0.15, 0.2) is 54.7 Å². The van der Waals surface area contributed by atoms with E-state index < -0.39 is 0 Å². The SMILES string of the molecule is O=C(CC1CCc2ccccc21)N1CC=C(c2c[nH]c3cc(Cl)ccc23)CC1. The Balaban J connectivity index is 1.28. The lowest BCUT2D eigenvalue weighted by molar-refractivity contribution is -0.131. The fraction of sp³-hybridized carbons (Fsp3) is 0.292. The summed E-state index contributed by atoms with van der Waals surface area (Å²) in [7, 11) is 0. The van der Waals surface area contributed by atoms with Crippen LogP contribution in [0.4, 0.5) is 0 Å². The van der Waals surface area contributed by atoms with Gasteiger partial charge in [-0.2, -0.15) is 0 Å². The van der Waals surface area contributed by atoms with Crippen molar-refractivity contribution in [3.05, 3.63) is 76.5 Å². The molecule has 1 unspecified atom stereocenters. The van der Waals surface area contributed by atoms with E-state index in [1.54, 1.807) is 0 Å². The van der Waals surface area contributed by atoms with Gasteiger partial charge >= 0.3 is 0 Å². The highest BCUT2D eigenvalue weighted by Gasteiger charge is 2.27. The molecule has 0 saturated carbocycles. The number of aromatic nitrogens is 1. The van der Waals surface area contributed by atoms with Crippen molar-refractivity contribution in [2.45, 2.75) is 31.6 Å². The molecule has 3 aromatic rings. The third-order valence-electron chi connectivity index (χ3n) is 6.23. The van der Waals surface area contributed by atoms with Gasteiger partial charge in [-0.15, -0.1) is 0 Å². The van der Waals surface area contributed by atoms with Gasteiger partial charge in [0.15, 0.2) is 0 Å². The van der Waals surface area contributed by atoms with E-state index in [9.17, 15) is 4.79 Å². The highest BCUT2D eigenvalue weighted by atomic mass is 35.5. The van der Waals surface area contributed by atoms with Crippen LogP contribution in [0, 0.1) is 0 Å². The lowest BCUT2D eigenvalue weighted by Crippen LogP contribution is -2.35. The Morgan fingerprint density at radius 2 is 2.07 bits per heavy atom. The second-order valence-electron chi connectivity index (χ2n) is 7.85. The van der Waals surface area contributed by atoms with Gasteiger partial charge < -0.3 is 9.88 Å². The van der Waals surface area contributed by atoms with E-state index in [2.05, 4.69) is 47.6 Å². The zero-order valence-corrected chi connectivity index (χ0v) is 16.5. The normalized spacial score (nSPS) is 19.0. The zero-order chi connectivity index (χ0) is 19.1. The fourth-order valence-electron chi connectivity index (χ4n) is 4.70. The fourth-order valence-corrected chi connectivity index (χ4v) is 4.87. The number of halogens is 1. The number of fused-ring (bicyclic) bond motifs is 2. The number of hydrogen-bond acceptors (Lipinski definition) is 1. The Morgan fingerprint density at radius 1 is 1.18 bits per heavy atom. The number of amides is 1. The Kier molecular flexibility index (Phi) is 4.48. The van der Waals surface area contributed by atoms with Crippen LogP contribution in [-0.4, -0.2) is 28.9 Å². The number of carbonyl (C=O) groups excluding carboxylic acids is 1. The molecule has 142 valence electrons. The molecule has 0 saturated heterocycles. The van der Waals surface area contributed by atoms with Crippen LogP contribution in [0.1, 0.15) is 41.9 Å². The quantitative estimate of drug-likeness (QED) is 0.624. The number of aromatic amines is 1. The molecule has 0 spiro atoms. The molecular formula is C24H23ClN2O. The lowest BCUT2D eigenvalue weighted by Gasteiger charge is -2.27. The molecule has 1 atom stereocenters. The monoisotopic (exact) mass is 390 g/mol. The number of benzene rings is 2. The van der Waals surface area contributed by atoms with E-state index in [1.165, 1.54) is 27.6 Å². The number of H-pyrrole nitrogens is 1. The predicted octanol–water partition coefficient (Wildman–Crippen LogP) is 5.56. The summed E-state index contributed by atoms with van der Waals surface area (Å²) in [6.07, 6.45) is 7.98. The maximum Gasteiger partial charge on any atom is 0.223 e. The molecule has 1 amide bonds. The van der Waals surface area contributed by atoms with E-state index in [0.29, 0.717) is 18.9 Å². The van der Waals surface area contributed by atoms with Crippen LogP contribution in [-0.2, 0) is 11.2 Å². The first-order chi connectivity index (χ1) is 13.7. The second-order valence-corrected chi connectivity index (χ2v) is 8.29. The summed E-state index contributed by atoms with van der Waals surface area (Å²) in [6.45, 7) is 1.49. The first kappa shape index (κ1) is 17.6. The number of nitrogens with one attached hydrogen (secondary N) is 1. The molecule has 1 N–H and O–H groups in total. The molecule has 2 aliphatic rings. The van der Waals surface area contributed by atoms with Crippen LogP contribution < -0.4 is 0 Å². The van der Waals surface area contributed by atoms with Crippen molar-refractivity contribution in [2.24, 2.45) is 0 Å². The van der Waals surface area contributed by atoms with Crippen molar-refractivity contribution in [3.8, 4) is 0 Å². The van der Waals surface area contributed by atoms with Gasteiger partial charge in [0.05, 0.1) is 0 Å². The Bertz CT molecular complexity index is 1080. The lowest BCUT2D eigenvalue weighted by atomic mass is 9.95. The summed E-state index contributed by atoms with van der Waals surface area (Å²) >= 11 is 6.09. The van der Waals surface area contributed by atoms with Crippen LogP contribution in [0.5, 0.6) is 0 Å². The Labute approximate surface area is 170 Å². The summed E-state index contributed by atoms with van der Waals surface area (Å²) in [6, 6.07) is 14.5. The summed E-state index contributed by atoms with van der Waals surface area (Å²) in [5, 5.41) is 1.93. The number of aryl methyl sites for hydroxylation is 1. The zero-order valence-electron chi connectivity index (χ0n) is 15.7. The summed E-state index contributed by atoms with van der Waals surface area (Å²) < 4.78 is 0. The van der Waals surface area contributed by atoms with Crippen molar-refractivity contribution in [1.82, 2.24) is 9.88 Å². The molecule has 2 heterocycles. The van der Waals surface area contributed by atoms with Gasteiger partial charge in [0.2, 0.25) is 5.91 Å². The van der Waals surface area contributed by atoms with Crippen LogP contribution in [0.2, 0.25) is 5.02 Å². The number of hydrogen-bond donors (Lipinski definition) is 1. The third-order valence-corrected chi connectivity index (χ3v) is 6.46. The molecule has 2 aromatic carbocycles. The first-order valence-corrected chi connectivity index (χ1v) is 10.4. The molecule has 0 bridgehead atoms. The van der Waals surface area contributed by atoms with Crippen LogP contribution in [0.25, 0.3) is 16.5 Å². The number of carbonyl (C=O) groups is 1. The summed E-state index contributed by atoms with van der Waals surface area (Å²) in [5.74, 6) is 0.662. The standard InChI is InChI=1S/C24H23ClN2O/c25-19-7-8-21-22(15-26-23(21)14-19)17-9-11-27(12-10-17)24(28)13-18-6-5-16-3-1-2-4-20(16)18/h1-4,7-9,14-15,18,26H,5-6,10-13H2. The smallest absolute Gasteiger partial charge is 0.223 e. The summed E-state index contributed by atoms with van der Waals surface area (Å²) in [4.78, 5) is 18.2. The van der Waals surface area contributed by atoms with Gasteiger partial charge in [-0.25, -0.2) is 0 Å². The van der Waals surface area contributed by atoms with E-state index in [-0.39, 0.29) is 5.91 Å². The molecule has 28 heavy (non-hydrogen) atoms. The Morgan fingerprint density at radius 3 is 2.93 bits per heavy atom. The van der Waals surface area contributed by atoms with Gasteiger partial charge in [-0.05, 0) is 54.0 Å². The van der Waals surface area contributed by atoms with E-state index in [0.717, 1.165) is 36.3 Å². The van der Waals surface area contributed by atoms with Crippen LogP contribution >= 0.6 is 11.6 Å². The van der Waals surface area contributed by atoms with Gasteiger partial charge in [-0.1, -0.05) is 48.0 Å². The first-order valence-electron chi connectivity index (χ1n) is 10.0. The predicted molar refractivity (Wildman–Crippen MR) is 115 cm³/mol. The van der Waals surface area contributed by atoms with Gasteiger partial charge in [0.1, 0.15) is 0 Å². The van der Waals surface area contributed by atoms with Gasteiger partial charge in [0, 0.05) is 47.2 Å². The minimum atomic E-state index is 0.280. The van der Waals surface area contributed by atoms with Gasteiger partial charge in [0.25, 0.3) is 0 Å². The highest BCUT2D eigenvalue weighted by molar-refractivity contribution is 6.31. The van der Waals surface area contributed by atoms with Crippen LogP contribution in [0.3, 0.4) is 0 Å². The van der Waals surface area contributed by atoms with Crippen molar-refractivity contribution >= 4 is 34.0 Å². The minimum Gasteiger partial charge on any atom is -0.361 e. The molecule has 5 rings (SSSR count). The Hall–Kier alpha value is -2.52. The van der Waals surface area contributed by atoms with Crippen molar-refractivity contribution in [2.75, 3.05) is 13.1 Å². The maximum absolute atomic E-state index is 12.9. The van der Waals surface area contributed by atoms with Crippen molar-refractivity contribution in [1.29, 1.82) is 0 Å². The average Bonchev–Trinajstić information content (AvgIpc) is 3.32. The average molecular weight is 391 g/mol. The second kappa shape index (κ2) is 7.14. The van der Waals surface area contributed by atoms with Crippen molar-refractivity contribution < 1.29 is 4.79 Å².